The molecule has 3 rings (SSSR count). The number of hydrogen-bond acceptors (Lipinski definition) is 8. The zero-order chi connectivity index (χ0) is 24.3. The Balaban J connectivity index is 1.97. The monoisotopic (exact) mass is 537 g/mol. The van der Waals surface area contributed by atoms with Crippen molar-refractivity contribution < 1.29 is 13.3 Å². The van der Waals surface area contributed by atoms with Gasteiger partial charge in [0.25, 0.3) is 15.7 Å². The van der Waals surface area contributed by atoms with Crippen LogP contribution in [0.3, 0.4) is 0 Å². The minimum atomic E-state index is -4.21. The number of hydrogen-bond donors (Lipinski definition) is 1. The van der Waals surface area contributed by atoms with Crippen LogP contribution in [0.4, 0.5) is 11.4 Å². The van der Waals surface area contributed by atoms with Gasteiger partial charge in [-0.15, -0.1) is 0 Å². The van der Waals surface area contributed by atoms with Gasteiger partial charge in [-0.25, -0.2) is 4.52 Å². The lowest BCUT2D eigenvalue weighted by molar-refractivity contribution is -0.385. The molecule has 1 N–H and O–H groups in total. The molecule has 0 aliphatic carbocycles. The van der Waals surface area contributed by atoms with E-state index in [1.54, 1.807) is 35.8 Å². The fraction of sp³-hybridized carbons (Fsp3) is 0.300. The summed E-state index contributed by atoms with van der Waals surface area (Å²) in [6.07, 6.45) is 3.35. The second kappa shape index (κ2) is 9.85. The second-order valence-corrected chi connectivity index (χ2v) is 10.2. The summed E-state index contributed by atoms with van der Waals surface area (Å²) in [7, 11) is 1.32. The molecule has 2 aromatic heterocycles. The summed E-state index contributed by atoms with van der Waals surface area (Å²) in [6, 6.07) is 7.43. The van der Waals surface area contributed by atoms with Crippen molar-refractivity contribution >= 4 is 48.6 Å². The number of sulfonamides is 1. The third-order valence-electron chi connectivity index (χ3n) is 4.94. The highest BCUT2D eigenvalue weighted by Crippen LogP contribution is 2.29. The maximum atomic E-state index is 13.2. The smallest absolute Gasteiger partial charge is 0.278 e. The molecule has 0 fully saturated rings. The van der Waals surface area contributed by atoms with Crippen LogP contribution >= 0.6 is 15.9 Å². The molecule has 13 heteroatoms. The molecule has 2 heterocycles. The van der Waals surface area contributed by atoms with Gasteiger partial charge < -0.3 is 9.80 Å². The van der Waals surface area contributed by atoms with E-state index in [4.69, 9.17) is 0 Å². The van der Waals surface area contributed by atoms with Crippen molar-refractivity contribution in [1.82, 2.24) is 19.3 Å². The molecule has 0 spiro atoms. The molecule has 0 saturated carbocycles. The van der Waals surface area contributed by atoms with Gasteiger partial charge in [0.05, 0.1) is 28.0 Å². The van der Waals surface area contributed by atoms with Gasteiger partial charge in [-0.05, 0) is 39.2 Å². The van der Waals surface area contributed by atoms with Gasteiger partial charge in [-0.2, -0.15) is 23.4 Å². The number of non-ortho nitro benzene ring substituents is 1. The summed E-state index contributed by atoms with van der Waals surface area (Å²) >= 11 is 3.41. The van der Waals surface area contributed by atoms with Crippen LogP contribution in [0.5, 0.6) is 0 Å². The summed E-state index contributed by atoms with van der Waals surface area (Å²) in [6.45, 7) is 2.84. The average molecular weight is 538 g/mol. The first-order valence-corrected chi connectivity index (χ1v) is 12.1. The number of pyridine rings is 1. The van der Waals surface area contributed by atoms with Gasteiger partial charge in [0.1, 0.15) is 4.90 Å². The Morgan fingerprint density at radius 3 is 2.64 bits per heavy atom. The second-order valence-electron chi connectivity index (χ2n) is 7.66. The Morgan fingerprint density at radius 1 is 1.24 bits per heavy atom. The summed E-state index contributed by atoms with van der Waals surface area (Å²) in [5, 5.41) is 19.6. The van der Waals surface area contributed by atoms with Crippen LogP contribution in [0.2, 0.25) is 0 Å². The Morgan fingerprint density at radius 2 is 1.97 bits per heavy atom. The van der Waals surface area contributed by atoms with E-state index in [2.05, 4.69) is 31.0 Å². The maximum absolute atomic E-state index is 13.2. The van der Waals surface area contributed by atoms with Gasteiger partial charge in [0.2, 0.25) is 0 Å². The number of nitro benzene ring substituents is 1. The topological polar surface area (TPSA) is 125 Å². The van der Waals surface area contributed by atoms with Gasteiger partial charge >= 0.3 is 0 Å². The van der Waals surface area contributed by atoms with Crippen LogP contribution in [0.25, 0.3) is 5.52 Å². The van der Waals surface area contributed by atoms with Gasteiger partial charge in [-0.3, -0.25) is 10.1 Å². The van der Waals surface area contributed by atoms with E-state index in [1.807, 2.05) is 31.1 Å². The van der Waals surface area contributed by atoms with Gasteiger partial charge in [0, 0.05) is 48.5 Å². The molecule has 0 bridgehead atoms. The number of halogens is 1. The number of hydrazone groups is 1. The summed E-state index contributed by atoms with van der Waals surface area (Å²) in [5.41, 5.74) is 1.78. The molecule has 11 nitrogen and oxygen atoms in total. The van der Waals surface area contributed by atoms with E-state index in [9.17, 15) is 18.5 Å². The number of anilines is 1. The molecule has 0 aliphatic heterocycles. The summed E-state index contributed by atoms with van der Waals surface area (Å²) < 4.78 is 28.8. The first kappa shape index (κ1) is 24.6. The van der Waals surface area contributed by atoms with Crippen molar-refractivity contribution in [3.8, 4) is 0 Å². The molecule has 0 saturated heterocycles. The molecule has 176 valence electrons. The van der Waals surface area contributed by atoms with E-state index in [-0.39, 0.29) is 10.6 Å². The Labute approximate surface area is 200 Å². The third kappa shape index (κ3) is 5.67. The van der Waals surface area contributed by atoms with Crippen molar-refractivity contribution in [2.24, 2.45) is 5.10 Å². The minimum Gasteiger partial charge on any atom is -0.372 e. The van der Waals surface area contributed by atoms with Crippen molar-refractivity contribution in [2.75, 3.05) is 39.1 Å². The van der Waals surface area contributed by atoms with Crippen LogP contribution in [0, 0.1) is 10.1 Å². The van der Waals surface area contributed by atoms with E-state index < -0.39 is 14.9 Å². The number of nitrogens with one attached hydrogen (secondary N) is 1. The summed E-state index contributed by atoms with van der Waals surface area (Å²) in [5.74, 6) is 0. The molecule has 0 atom stereocenters. The first-order valence-electron chi connectivity index (χ1n) is 9.83. The van der Waals surface area contributed by atoms with E-state index in [0.717, 1.165) is 16.1 Å². The number of rotatable bonds is 9. The number of benzene rings is 1. The molecule has 0 radical (unpaired) electrons. The average Bonchev–Trinajstić information content (AvgIpc) is 3.18. The highest BCUT2D eigenvalue weighted by Gasteiger charge is 2.24. The highest BCUT2D eigenvalue weighted by atomic mass is 79.9. The highest BCUT2D eigenvalue weighted by molar-refractivity contribution is 9.10. The predicted octanol–water partition coefficient (Wildman–Crippen LogP) is 2.71. The number of likely N-dealkylation sites (N-methyl/N-ethyl adjacent to an activating group) is 2. The Bertz CT molecular complexity index is 1320. The van der Waals surface area contributed by atoms with Crippen molar-refractivity contribution in [1.29, 1.82) is 0 Å². The van der Waals surface area contributed by atoms with Crippen molar-refractivity contribution in [2.45, 2.75) is 11.8 Å². The van der Waals surface area contributed by atoms with E-state index in [0.29, 0.717) is 30.1 Å². The van der Waals surface area contributed by atoms with Gasteiger partial charge in [0.15, 0.2) is 0 Å². The molecule has 3 aromatic rings. The largest absolute Gasteiger partial charge is 0.372 e. The van der Waals surface area contributed by atoms with E-state index in [1.165, 1.54) is 12.1 Å². The number of aromatic nitrogens is 2. The fourth-order valence-corrected chi connectivity index (χ4v) is 4.55. The molecule has 0 aliphatic rings. The van der Waals surface area contributed by atoms with Gasteiger partial charge in [-0.1, -0.05) is 15.9 Å². The SMILES string of the molecule is C/C(=N\NS(=O)(=O)c1cc([N+](=O)[O-])ccc1N(C)CCN(C)C)c1cnn2ccc(Br)cc12. The first-order chi connectivity index (χ1) is 15.5. The zero-order valence-electron chi connectivity index (χ0n) is 18.6. The van der Waals surface area contributed by atoms with Crippen molar-refractivity contribution in [3.63, 3.8) is 0 Å². The van der Waals surface area contributed by atoms with Crippen LogP contribution in [0.1, 0.15) is 12.5 Å². The molecule has 0 unspecified atom stereocenters. The maximum Gasteiger partial charge on any atom is 0.278 e. The number of fused-ring (bicyclic) bond motifs is 1. The lowest BCUT2D eigenvalue weighted by Crippen LogP contribution is -2.30. The molecule has 33 heavy (non-hydrogen) atoms. The fourth-order valence-electron chi connectivity index (χ4n) is 3.09. The number of nitrogens with zero attached hydrogens (tertiary/aromatic N) is 6. The molecule has 1 aromatic carbocycles. The van der Waals surface area contributed by atoms with Crippen LogP contribution in [0.15, 0.2) is 57.2 Å². The van der Waals surface area contributed by atoms with E-state index >= 15 is 0 Å². The molecular weight excluding hydrogens is 514 g/mol. The third-order valence-corrected chi connectivity index (χ3v) is 6.68. The van der Waals surface area contributed by atoms with Crippen LogP contribution < -0.4 is 9.73 Å². The Kier molecular flexibility index (Phi) is 7.34. The van der Waals surface area contributed by atoms with Crippen LogP contribution in [-0.2, 0) is 10.0 Å². The van der Waals surface area contributed by atoms with Crippen molar-refractivity contribution in [3.05, 3.63) is 62.9 Å². The lowest BCUT2D eigenvalue weighted by Gasteiger charge is -2.23. The normalized spacial score (nSPS) is 12.4. The minimum absolute atomic E-state index is 0.225. The lowest BCUT2D eigenvalue weighted by atomic mass is 10.2. The summed E-state index contributed by atoms with van der Waals surface area (Å²) in [4.78, 5) is 16.3. The standard InChI is InChI=1S/C20H24BrN7O4S/c1-14(17-13-22-27-8-7-15(21)11-19(17)27)23-24-33(31,32)20-12-16(28(29)30)5-6-18(20)26(4)10-9-25(2)3/h5-8,11-13,24H,9-10H2,1-4H3/b23-14+. The zero-order valence-corrected chi connectivity index (χ0v) is 21.0. The van der Waals surface area contributed by atoms with Crippen LogP contribution in [-0.4, -0.2) is 67.8 Å². The number of nitro groups is 1. The molecular formula is C20H24BrN7O4S. The predicted molar refractivity (Wildman–Crippen MR) is 130 cm³/mol. The quantitative estimate of drug-likeness (QED) is 0.252. The molecule has 0 amide bonds. The Hall–Kier alpha value is -3.03.